The number of para-hydroxylation sites is 1. The Morgan fingerprint density at radius 1 is 1.38 bits per heavy atom. The fourth-order valence-corrected chi connectivity index (χ4v) is 4.51. The van der Waals surface area contributed by atoms with Gasteiger partial charge in [0.25, 0.3) is 5.91 Å². The zero-order chi connectivity index (χ0) is 18.4. The van der Waals surface area contributed by atoms with Gasteiger partial charge in [-0.3, -0.25) is 9.59 Å². The van der Waals surface area contributed by atoms with Crippen molar-refractivity contribution in [3.63, 3.8) is 0 Å². The van der Waals surface area contributed by atoms with E-state index in [1.54, 1.807) is 0 Å². The molecule has 26 heavy (non-hydrogen) atoms. The predicted molar refractivity (Wildman–Crippen MR) is 106 cm³/mol. The lowest BCUT2D eigenvalue weighted by molar-refractivity contribution is -0.117. The minimum Gasteiger partial charge on any atom is -0.352 e. The first-order chi connectivity index (χ1) is 12.7. The summed E-state index contributed by atoms with van der Waals surface area (Å²) >= 11 is 1.34. The molecule has 1 saturated heterocycles. The summed E-state index contributed by atoms with van der Waals surface area (Å²) in [6.07, 6.45) is 7.46. The average Bonchev–Trinajstić information content (AvgIpc) is 2.66. The van der Waals surface area contributed by atoms with Crippen molar-refractivity contribution >= 4 is 29.3 Å². The minimum absolute atomic E-state index is 0.201. The van der Waals surface area contributed by atoms with E-state index in [2.05, 4.69) is 22.5 Å². The van der Waals surface area contributed by atoms with Crippen LogP contribution in [0.15, 0.2) is 40.1 Å². The van der Waals surface area contributed by atoms with Crippen molar-refractivity contribution in [1.29, 1.82) is 0 Å². The van der Waals surface area contributed by atoms with Gasteiger partial charge >= 0.3 is 0 Å². The van der Waals surface area contributed by atoms with Crippen LogP contribution < -0.4 is 10.6 Å². The van der Waals surface area contributed by atoms with E-state index >= 15 is 0 Å². The molecule has 0 unspecified atom stereocenters. The molecule has 1 atom stereocenters. The highest BCUT2D eigenvalue weighted by Gasteiger charge is 2.22. The molecule has 0 spiro atoms. The highest BCUT2D eigenvalue weighted by atomic mass is 32.2. The molecule has 2 aliphatic rings. The first-order valence-electron chi connectivity index (χ1n) is 9.49. The van der Waals surface area contributed by atoms with Crippen LogP contribution in [-0.4, -0.2) is 42.4 Å². The second-order valence-corrected chi connectivity index (χ2v) is 7.88. The summed E-state index contributed by atoms with van der Waals surface area (Å²) in [6, 6.07) is 8.30. The fraction of sp³-hybridized carbons (Fsp3) is 0.500. The van der Waals surface area contributed by atoms with Crippen LogP contribution in [0.4, 0.5) is 5.69 Å². The second-order valence-electron chi connectivity index (χ2n) is 6.80. The van der Waals surface area contributed by atoms with Crippen LogP contribution in [0.25, 0.3) is 0 Å². The number of piperidine rings is 1. The first kappa shape index (κ1) is 19.0. The van der Waals surface area contributed by atoms with Crippen molar-refractivity contribution in [3.8, 4) is 0 Å². The maximum Gasteiger partial charge on any atom is 0.262 e. The SMILES string of the molecule is CC[C@H]1CCCCN1CCCNC(=O)/C=C1\Sc2ccccc2NC1=O. The highest BCUT2D eigenvalue weighted by Crippen LogP contribution is 2.37. The summed E-state index contributed by atoms with van der Waals surface area (Å²) < 4.78 is 0. The van der Waals surface area contributed by atoms with Crippen molar-refractivity contribution < 1.29 is 9.59 Å². The number of fused-ring (bicyclic) bond motifs is 1. The van der Waals surface area contributed by atoms with Gasteiger partial charge in [0, 0.05) is 30.1 Å². The Balaban J connectivity index is 1.45. The third-order valence-corrected chi connectivity index (χ3v) is 6.08. The topological polar surface area (TPSA) is 61.4 Å². The molecule has 0 saturated carbocycles. The number of nitrogens with one attached hydrogen (secondary N) is 2. The molecule has 1 aromatic rings. The van der Waals surface area contributed by atoms with Gasteiger partial charge in [0.05, 0.1) is 10.6 Å². The monoisotopic (exact) mass is 373 g/mol. The van der Waals surface area contributed by atoms with E-state index in [0.717, 1.165) is 23.5 Å². The number of amides is 2. The van der Waals surface area contributed by atoms with E-state index in [1.807, 2.05) is 24.3 Å². The summed E-state index contributed by atoms with van der Waals surface area (Å²) in [6.45, 7) is 5.09. The van der Waals surface area contributed by atoms with E-state index in [9.17, 15) is 9.59 Å². The Kier molecular flexibility index (Phi) is 6.74. The van der Waals surface area contributed by atoms with Crippen molar-refractivity contribution in [2.24, 2.45) is 0 Å². The van der Waals surface area contributed by atoms with E-state index < -0.39 is 0 Å². The quantitative estimate of drug-likeness (QED) is 0.593. The van der Waals surface area contributed by atoms with Crippen LogP contribution in [0.3, 0.4) is 0 Å². The summed E-state index contributed by atoms with van der Waals surface area (Å²) in [7, 11) is 0. The van der Waals surface area contributed by atoms with Gasteiger partial charge in [-0.25, -0.2) is 0 Å². The van der Waals surface area contributed by atoms with Crippen molar-refractivity contribution in [1.82, 2.24) is 10.2 Å². The molecule has 2 N–H and O–H groups in total. The molecule has 5 nitrogen and oxygen atoms in total. The zero-order valence-electron chi connectivity index (χ0n) is 15.3. The number of carbonyl (C=O) groups excluding carboxylic acids is 2. The number of carbonyl (C=O) groups is 2. The molecular weight excluding hydrogens is 346 g/mol. The Bertz CT molecular complexity index is 689. The van der Waals surface area contributed by atoms with Gasteiger partial charge in [-0.15, -0.1) is 0 Å². The van der Waals surface area contributed by atoms with Crippen LogP contribution in [0.2, 0.25) is 0 Å². The molecule has 0 aliphatic carbocycles. The molecule has 2 amide bonds. The van der Waals surface area contributed by atoms with E-state index in [4.69, 9.17) is 0 Å². The van der Waals surface area contributed by atoms with Gasteiger partial charge in [-0.1, -0.05) is 37.2 Å². The maximum absolute atomic E-state index is 12.1. The number of rotatable bonds is 6. The number of nitrogens with zero attached hydrogens (tertiary/aromatic N) is 1. The van der Waals surface area contributed by atoms with Gasteiger partial charge in [0.1, 0.15) is 0 Å². The number of anilines is 1. The molecule has 1 fully saturated rings. The zero-order valence-corrected chi connectivity index (χ0v) is 16.1. The minimum atomic E-state index is -0.219. The Hall–Kier alpha value is -1.79. The fourth-order valence-electron chi connectivity index (χ4n) is 3.58. The van der Waals surface area contributed by atoms with Gasteiger partial charge in [-0.05, 0) is 44.4 Å². The summed E-state index contributed by atoms with van der Waals surface area (Å²) in [4.78, 5) is 28.2. The standard InChI is InChI=1S/C20H27N3O2S/c1-2-15-8-5-6-12-23(15)13-7-11-21-19(24)14-18-20(25)22-16-9-3-4-10-17(16)26-18/h3-4,9-10,14-15H,2,5-8,11-13H2,1H3,(H,21,24)(H,22,25)/b18-14-/t15-/m0/s1. The summed E-state index contributed by atoms with van der Waals surface area (Å²) in [5.41, 5.74) is 0.798. The normalized spacial score (nSPS) is 22.0. The van der Waals surface area contributed by atoms with Crippen molar-refractivity contribution in [3.05, 3.63) is 35.2 Å². The molecule has 2 aliphatic heterocycles. The van der Waals surface area contributed by atoms with Gasteiger partial charge in [-0.2, -0.15) is 0 Å². The molecule has 140 valence electrons. The number of likely N-dealkylation sites (tertiary alicyclic amines) is 1. The van der Waals surface area contributed by atoms with Gasteiger partial charge in [0.15, 0.2) is 0 Å². The van der Waals surface area contributed by atoms with Crippen molar-refractivity contribution in [2.75, 3.05) is 25.0 Å². The first-order valence-corrected chi connectivity index (χ1v) is 10.3. The summed E-state index contributed by atoms with van der Waals surface area (Å²) in [5, 5.41) is 5.73. The molecule has 2 heterocycles. The maximum atomic E-state index is 12.1. The van der Waals surface area contributed by atoms with Crippen LogP contribution in [0.1, 0.15) is 39.0 Å². The van der Waals surface area contributed by atoms with Crippen LogP contribution in [0, 0.1) is 0 Å². The Labute approximate surface area is 159 Å². The lowest BCUT2D eigenvalue weighted by Crippen LogP contribution is -2.40. The van der Waals surface area contributed by atoms with E-state index in [-0.39, 0.29) is 11.8 Å². The van der Waals surface area contributed by atoms with E-state index in [0.29, 0.717) is 17.5 Å². The van der Waals surface area contributed by atoms with Crippen LogP contribution >= 0.6 is 11.8 Å². The van der Waals surface area contributed by atoms with Gasteiger partial charge < -0.3 is 15.5 Å². The van der Waals surface area contributed by atoms with Crippen LogP contribution in [0.5, 0.6) is 0 Å². The Morgan fingerprint density at radius 3 is 3.08 bits per heavy atom. The number of hydrogen-bond acceptors (Lipinski definition) is 4. The van der Waals surface area contributed by atoms with Crippen molar-refractivity contribution in [2.45, 2.75) is 50.0 Å². The number of hydrogen-bond donors (Lipinski definition) is 2. The summed E-state index contributed by atoms with van der Waals surface area (Å²) in [5.74, 6) is -0.421. The molecule has 1 aromatic carbocycles. The lowest BCUT2D eigenvalue weighted by Gasteiger charge is -2.35. The lowest BCUT2D eigenvalue weighted by atomic mass is 10.00. The smallest absolute Gasteiger partial charge is 0.262 e. The molecule has 0 bridgehead atoms. The third-order valence-electron chi connectivity index (χ3n) is 4.98. The number of thioether (sulfide) groups is 1. The number of benzene rings is 1. The Morgan fingerprint density at radius 2 is 2.23 bits per heavy atom. The largest absolute Gasteiger partial charge is 0.352 e. The second kappa shape index (κ2) is 9.24. The predicted octanol–water partition coefficient (Wildman–Crippen LogP) is 3.39. The van der Waals surface area contributed by atoms with Crippen LogP contribution in [-0.2, 0) is 9.59 Å². The molecular formula is C20H27N3O2S. The average molecular weight is 374 g/mol. The molecule has 6 heteroatoms. The van der Waals surface area contributed by atoms with Gasteiger partial charge in [0.2, 0.25) is 5.91 Å². The van der Waals surface area contributed by atoms with E-state index in [1.165, 1.54) is 50.1 Å². The molecule has 0 radical (unpaired) electrons. The highest BCUT2D eigenvalue weighted by molar-refractivity contribution is 8.04. The molecule has 0 aromatic heterocycles. The third kappa shape index (κ3) is 4.89. The molecule has 3 rings (SSSR count).